The van der Waals surface area contributed by atoms with Crippen molar-refractivity contribution in [3.8, 4) is 0 Å². The van der Waals surface area contributed by atoms with Crippen molar-refractivity contribution in [1.29, 1.82) is 0 Å². The van der Waals surface area contributed by atoms with Crippen molar-refractivity contribution in [3.63, 3.8) is 0 Å². The summed E-state index contributed by atoms with van der Waals surface area (Å²) in [5, 5.41) is 5.02. The Morgan fingerprint density at radius 3 is 2.11 bits per heavy atom. The summed E-state index contributed by atoms with van der Waals surface area (Å²) < 4.78 is 6.86. The summed E-state index contributed by atoms with van der Waals surface area (Å²) in [6, 6.07) is 3.93. The van der Waals surface area contributed by atoms with Crippen LogP contribution in [0, 0.1) is 5.41 Å². The second-order valence-electron chi connectivity index (χ2n) is 8.55. The maximum atomic E-state index is 6.86. The molecule has 3 rings (SSSR count). The maximum Gasteiger partial charge on any atom is 0.192 e. The van der Waals surface area contributed by atoms with Crippen LogP contribution in [-0.4, -0.2) is 25.9 Å². The molecule has 1 unspecified atom stereocenters. The van der Waals surface area contributed by atoms with E-state index in [0.29, 0.717) is 16.1 Å². The average molecular weight is 430 g/mol. The van der Waals surface area contributed by atoms with E-state index in [0.717, 1.165) is 35.7 Å². The molecule has 6 heteroatoms. The van der Waals surface area contributed by atoms with Crippen LogP contribution < -0.4 is 5.32 Å². The molecule has 1 atom stereocenters. The third-order valence-electron chi connectivity index (χ3n) is 7.13. The molecule has 27 heavy (non-hydrogen) atoms. The molecular formula is C21H34Cl2N2OSi. The lowest BCUT2D eigenvalue weighted by Crippen LogP contribution is -2.42. The van der Waals surface area contributed by atoms with Crippen molar-refractivity contribution in [3.05, 3.63) is 28.0 Å². The zero-order valence-corrected chi connectivity index (χ0v) is 19.5. The Hall–Kier alpha value is -0.133. The topological polar surface area (TPSA) is 34.1 Å². The number of nitrogens with one attached hydrogen (secondary N) is 1. The van der Waals surface area contributed by atoms with Crippen molar-refractivity contribution in [2.24, 2.45) is 5.41 Å². The highest BCUT2D eigenvalue weighted by atomic mass is 35.5. The van der Waals surface area contributed by atoms with E-state index in [1.807, 2.05) is 0 Å². The minimum atomic E-state index is -1.79. The number of halogens is 2. The second kappa shape index (κ2) is 9.13. The average Bonchev–Trinajstić information content (AvgIpc) is 3.44. The van der Waals surface area contributed by atoms with Gasteiger partial charge in [0.2, 0.25) is 0 Å². The van der Waals surface area contributed by atoms with Crippen LogP contribution >= 0.6 is 23.2 Å². The van der Waals surface area contributed by atoms with Gasteiger partial charge < -0.3 is 9.74 Å². The molecule has 0 radical (unpaired) electrons. The first-order chi connectivity index (χ1) is 13.0. The molecule has 2 saturated carbocycles. The fraction of sp³-hybridized carbons (Fsp3) is 0.762. The van der Waals surface area contributed by atoms with E-state index >= 15 is 0 Å². The fourth-order valence-corrected chi connectivity index (χ4v) is 8.03. The summed E-state index contributed by atoms with van der Waals surface area (Å²) in [6.07, 6.45) is 11.5. The summed E-state index contributed by atoms with van der Waals surface area (Å²) in [5.74, 6) is 0. The molecule has 1 N–H and O–H groups in total. The van der Waals surface area contributed by atoms with Gasteiger partial charge in [-0.1, -0.05) is 44.0 Å². The molecule has 0 bridgehead atoms. The highest BCUT2D eigenvalue weighted by Gasteiger charge is 2.44. The van der Waals surface area contributed by atoms with E-state index in [4.69, 9.17) is 27.6 Å². The zero-order valence-electron chi connectivity index (χ0n) is 17.0. The first-order valence-corrected chi connectivity index (χ1v) is 13.9. The number of hydrogen-bond acceptors (Lipinski definition) is 3. The third-order valence-corrected chi connectivity index (χ3v) is 12.4. The van der Waals surface area contributed by atoms with Crippen LogP contribution in [0.25, 0.3) is 0 Å². The minimum absolute atomic E-state index is 0.101. The standard InChI is InChI=1S/C21H34Cl2N2OSi/c1-4-27(5-2,6-3)26-19(20-17(22)13-24-14-18(20)23)15-25-16-7-9-21(10-8-16)11-12-21/h13-14,16,19,25H,4-12,15H2,1-3H3. The fourth-order valence-electron chi connectivity index (χ4n) is 4.62. The number of nitrogens with zero attached hydrogens (tertiary/aromatic N) is 1. The van der Waals surface area contributed by atoms with E-state index < -0.39 is 8.32 Å². The van der Waals surface area contributed by atoms with Crippen molar-refractivity contribution in [2.45, 2.75) is 89.6 Å². The quantitative estimate of drug-likeness (QED) is 0.440. The van der Waals surface area contributed by atoms with Crippen molar-refractivity contribution in [2.75, 3.05) is 6.54 Å². The SMILES string of the molecule is CC[Si](CC)(CC)OC(CNC1CCC2(CC1)CC2)c1c(Cl)cncc1Cl. The van der Waals surface area contributed by atoms with Gasteiger partial charge in [-0.3, -0.25) is 4.98 Å². The van der Waals surface area contributed by atoms with Crippen LogP contribution in [0.2, 0.25) is 28.2 Å². The van der Waals surface area contributed by atoms with Crippen LogP contribution in [0.4, 0.5) is 0 Å². The Morgan fingerprint density at radius 1 is 1.07 bits per heavy atom. The smallest absolute Gasteiger partial charge is 0.192 e. The van der Waals surface area contributed by atoms with Crippen molar-refractivity contribution >= 4 is 31.5 Å². The van der Waals surface area contributed by atoms with E-state index in [1.54, 1.807) is 12.4 Å². The predicted molar refractivity (Wildman–Crippen MR) is 117 cm³/mol. The zero-order chi connectivity index (χ0) is 19.5. The third kappa shape index (κ3) is 5.08. The molecule has 1 heterocycles. The van der Waals surface area contributed by atoms with Gasteiger partial charge in [0.1, 0.15) is 0 Å². The maximum absolute atomic E-state index is 6.86. The molecule has 1 aromatic heterocycles. The van der Waals surface area contributed by atoms with Gasteiger partial charge in [0, 0.05) is 30.5 Å². The Balaban J connectivity index is 1.73. The summed E-state index contributed by atoms with van der Waals surface area (Å²) in [6.45, 7) is 7.55. The lowest BCUT2D eigenvalue weighted by atomic mass is 9.83. The Morgan fingerprint density at radius 2 is 1.63 bits per heavy atom. The highest BCUT2D eigenvalue weighted by molar-refractivity contribution is 6.73. The number of rotatable bonds is 9. The monoisotopic (exact) mass is 428 g/mol. The van der Waals surface area contributed by atoms with Crippen molar-refractivity contribution < 1.29 is 4.43 Å². The summed E-state index contributed by atoms with van der Waals surface area (Å²) in [7, 11) is -1.79. The molecule has 1 spiro atoms. The van der Waals surface area contributed by atoms with Crippen LogP contribution in [0.5, 0.6) is 0 Å². The molecule has 2 aliphatic carbocycles. The van der Waals surface area contributed by atoms with E-state index in [9.17, 15) is 0 Å². The minimum Gasteiger partial charge on any atom is -0.409 e. The number of pyridine rings is 1. The van der Waals surface area contributed by atoms with E-state index in [-0.39, 0.29) is 6.10 Å². The number of aromatic nitrogens is 1. The summed E-state index contributed by atoms with van der Waals surface area (Å²) in [4.78, 5) is 4.13. The van der Waals surface area contributed by atoms with Crippen LogP contribution in [0.3, 0.4) is 0 Å². The first kappa shape index (κ1) is 21.6. The van der Waals surface area contributed by atoms with Gasteiger partial charge in [-0.15, -0.1) is 0 Å². The van der Waals surface area contributed by atoms with Crippen molar-refractivity contribution in [1.82, 2.24) is 10.3 Å². The van der Waals surface area contributed by atoms with Gasteiger partial charge in [-0.2, -0.15) is 0 Å². The van der Waals surface area contributed by atoms with Gasteiger partial charge in [0.05, 0.1) is 16.1 Å². The van der Waals surface area contributed by atoms with Gasteiger partial charge >= 0.3 is 0 Å². The Kier molecular flexibility index (Phi) is 7.29. The molecule has 152 valence electrons. The number of hydrogen-bond donors (Lipinski definition) is 1. The van der Waals surface area contributed by atoms with E-state index in [2.05, 4.69) is 31.1 Å². The molecule has 0 aromatic carbocycles. The van der Waals surface area contributed by atoms with E-state index in [1.165, 1.54) is 38.5 Å². The molecule has 0 aliphatic heterocycles. The Labute approximate surface area is 175 Å². The summed E-state index contributed by atoms with van der Waals surface area (Å²) >= 11 is 13.0. The highest BCUT2D eigenvalue weighted by Crippen LogP contribution is 2.56. The first-order valence-electron chi connectivity index (χ1n) is 10.7. The second-order valence-corrected chi connectivity index (χ2v) is 14.1. The molecule has 2 fully saturated rings. The van der Waals surface area contributed by atoms with Crippen LogP contribution in [0.15, 0.2) is 12.4 Å². The van der Waals surface area contributed by atoms with Gasteiger partial charge in [-0.05, 0) is 62.1 Å². The molecule has 3 nitrogen and oxygen atoms in total. The summed E-state index contributed by atoms with van der Waals surface area (Å²) in [5.41, 5.74) is 1.63. The van der Waals surface area contributed by atoms with Crippen LogP contribution in [0.1, 0.15) is 71.0 Å². The normalized spacial score (nSPS) is 20.8. The van der Waals surface area contributed by atoms with Crippen LogP contribution in [-0.2, 0) is 4.43 Å². The molecular weight excluding hydrogens is 395 g/mol. The molecule has 2 aliphatic rings. The largest absolute Gasteiger partial charge is 0.409 e. The molecule has 0 amide bonds. The molecule has 1 aromatic rings. The molecule has 0 saturated heterocycles. The van der Waals surface area contributed by atoms with Gasteiger partial charge in [-0.25, -0.2) is 0 Å². The van der Waals surface area contributed by atoms with Gasteiger partial charge in [0.25, 0.3) is 0 Å². The Bertz CT molecular complexity index is 596. The van der Waals surface area contributed by atoms with Gasteiger partial charge in [0.15, 0.2) is 8.32 Å². The lowest BCUT2D eigenvalue weighted by Gasteiger charge is -2.36. The lowest BCUT2D eigenvalue weighted by molar-refractivity contribution is 0.171. The predicted octanol–water partition coefficient (Wildman–Crippen LogP) is 6.76.